The molecule has 0 amide bonds. The van der Waals surface area contributed by atoms with Crippen molar-refractivity contribution in [1.29, 1.82) is 0 Å². The number of aryl methyl sites for hydroxylation is 1. The highest BCUT2D eigenvalue weighted by molar-refractivity contribution is 7.22. The molecule has 2 aromatic carbocycles. The lowest BCUT2D eigenvalue weighted by Gasteiger charge is -2.13. The molecule has 0 aliphatic heterocycles. The van der Waals surface area contributed by atoms with Crippen molar-refractivity contribution in [1.82, 2.24) is 9.97 Å². The number of rotatable bonds is 4. The van der Waals surface area contributed by atoms with Gasteiger partial charge in [0.05, 0.1) is 5.69 Å². The maximum absolute atomic E-state index is 6.23. The van der Waals surface area contributed by atoms with E-state index >= 15 is 0 Å². The molecule has 4 heterocycles. The van der Waals surface area contributed by atoms with Gasteiger partial charge >= 0.3 is 0 Å². The van der Waals surface area contributed by atoms with Crippen molar-refractivity contribution in [3.05, 3.63) is 83.7 Å². The van der Waals surface area contributed by atoms with Crippen molar-refractivity contribution in [3.8, 4) is 21.7 Å². The monoisotopic (exact) mass is 476 g/mol. The van der Waals surface area contributed by atoms with E-state index in [1.54, 1.807) is 0 Å². The molecule has 0 radical (unpaired) electrons. The summed E-state index contributed by atoms with van der Waals surface area (Å²) in [7, 11) is 0. The molecule has 3 nitrogen and oxygen atoms in total. The average molecular weight is 477 g/mol. The van der Waals surface area contributed by atoms with E-state index in [2.05, 4.69) is 87.3 Å². The Kier molecular flexibility index (Phi) is 5.23. The van der Waals surface area contributed by atoms with Crippen LogP contribution in [-0.2, 0) is 0 Å². The molecular weight excluding hydrogens is 448 g/mol. The Morgan fingerprint density at radius 2 is 1.60 bits per heavy atom. The van der Waals surface area contributed by atoms with Gasteiger partial charge in [-0.2, -0.15) is 0 Å². The van der Waals surface area contributed by atoms with Gasteiger partial charge in [0, 0.05) is 43.2 Å². The van der Waals surface area contributed by atoms with Crippen molar-refractivity contribution in [2.45, 2.75) is 46.5 Å². The van der Waals surface area contributed by atoms with Gasteiger partial charge in [-0.3, -0.25) is 4.98 Å². The van der Waals surface area contributed by atoms with Crippen molar-refractivity contribution >= 4 is 43.5 Å². The fourth-order valence-electron chi connectivity index (χ4n) is 4.68. The summed E-state index contributed by atoms with van der Waals surface area (Å²) in [5.74, 6) is 0.996. The predicted molar refractivity (Wildman–Crippen MR) is 148 cm³/mol. The molecule has 0 saturated carbocycles. The standard InChI is InChI=1S/C31H28N2OS/c1-17(2)20-11-21(18(3)4)13-22(12-20)28-14-23-16-32-27(15-29(23)35-28)26-8-6-7-24-25-10-9-19(5)33-31(25)34-30(24)26/h6-18H,1-5H3. The molecular formula is C31H28N2OS. The van der Waals surface area contributed by atoms with Gasteiger partial charge in [0.2, 0.25) is 5.71 Å². The van der Waals surface area contributed by atoms with E-state index < -0.39 is 0 Å². The van der Waals surface area contributed by atoms with E-state index in [1.165, 1.54) is 31.7 Å². The minimum absolute atomic E-state index is 0.498. The van der Waals surface area contributed by atoms with Gasteiger partial charge in [0.15, 0.2) is 0 Å². The maximum Gasteiger partial charge on any atom is 0.227 e. The first-order valence-corrected chi connectivity index (χ1v) is 13.0. The van der Waals surface area contributed by atoms with E-state index in [1.807, 2.05) is 30.5 Å². The van der Waals surface area contributed by atoms with Gasteiger partial charge in [-0.25, -0.2) is 4.98 Å². The predicted octanol–water partition coefficient (Wildman–Crippen LogP) is 9.48. The van der Waals surface area contributed by atoms with Gasteiger partial charge in [-0.05, 0) is 65.8 Å². The lowest BCUT2D eigenvalue weighted by Crippen LogP contribution is -1.94. The summed E-state index contributed by atoms with van der Waals surface area (Å²) in [5.41, 5.74) is 8.47. The van der Waals surface area contributed by atoms with E-state index in [9.17, 15) is 0 Å². The van der Waals surface area contributed by atoms with Crippen LogP contribution < -0.4 is 0 Å². The summed E-state index contributed by atoms with van der Waals surface area (Å²) in [4.78, 5) is 10.7. The molecule has 0 unspecified atom stereocenters. The number of hydrogen-bond donors (Lipinski definition) is 0. The summed E-state index contributed by atoms with van der Waals surface area (Å²) in [6.45, 7) is 11.0. The van der Waals surface area contributed by atoms with Crippen LogP contribution in [0.2, 0.25) is 0 Å². The first-order chi connectivity index (χ1) is 16.9. The first kappa shape index (κ1) is 22.0. The quantitative estimate of drug-likeness (QED) is 0.254. The number of fused-ring (bicyclic) bond motifs is 4. The Morgan fingerprint density at radius 3 is 2.34 bits per heavy atom. The molecule has 4 heteroatoms. The zero-order valence-electron chi connectivity index (χ0n) is 20.7. The van der Waals surface area contributed by atoms with Gasteiger partial charge in [-0.15, -0.1) is 11.3 Å². The number of furan rings is 1. The summed E-state index contributed by atoms with van der Waals surface area (Å²) in [5, 5.41) is 3.28. The Bertz CT molecular complexity index is 1700. The molecule has 174 valence electrons. The average Bonchev–Trinajstić information content (AvgIpc) is 3.44. The molecule has 6 rings (SSSR count). The fourth-order valence-corrected chi connectivity index (χ4v) is 5.74. The van der Waals surface area contributed by atoms with E-state index in [4.69, 9.17) is 9.40 Å². The highest BCUT2D eigenvalue weighted by Crippen LogP contribution is 2.39. The molecule has 0 atom stereocenters. The van der Waals surface area contributed by atoms with Gasteiger partial charge in [0.1, 0.15) is 5.58 Å². The van der Waals surface area contributed by atoms with Gasteiger partial charge in [0.25, 0.3) is 0 Å². The van der Waals surface area contributed by atoms with Crippen molar-refractivity contribution in [3.63, 3.8) is 0 Å². The van der Waals surface area contributed by atoms with Crippen LogP contribution in [0.4, 0.5) is 0 Å². The van der Waals surface area contributed by atoms with E-state index in [-0.39, 0.29) is 0 Å². The Morgan fingerprint density at radius 1 is 0.829 bits per heavy atom. The molecule has 35 heavy (non-hydrogen) atoms. The van der Waals surface area contributed by atoms with Crippen molar-refractivity contribution in [2.75, 3.05) is 0 Å². The topological polar surface area (TPSA) is 38.9 Å². The van der Waals surface area contributed by atoms with Crippen molar-refractivity contribution < 1.29 is 4.42 Å². The molecule has 0 aliphatic rings. The molecule has 6 aromatic rings. The number of hydrogen-bond acceptors (Lipinski definition) is 4. The zero-order valence-corrected chi connectivity index (χ0v) is 21.5. The Hall–Kier alpha value is -3.50. The third-order valence-corrected chi connectivity index (χ3v) is 7.92. The molecule has 0 spiro atoms. The maximum atomic E-state index is 6.23. The Labute approximate surface area is 209 Å². The number of thiophene rings is 1. The number of benzene rings is 2. The first-order valence-electron chi connectivity index (χ1n) is 12.2. The molecule has 0 fully saturated rings. The van der Waals surface area contributed by atoms with Crippen LogP contribution in [0.15, 0.2) is 71.3 Å². The van der Waals surface area contributed by atoms with Crippen LogP contribution in [0.25, 0.3) is 53.9 Å². The summed E-state index contributed by atoms with van der Waals surface area (Å²) >= 11 is 1.83. The number of nitrogens with zero attached hydrogens (tertiary/aromatic N) is 2. The van der Waals surface area contributed by atoms with Crippen LogP contribution in [0, 0.1) is 6.92 Å². The largest absolute Gasteiger partial charge is 0.437 e. The Balaban J connectivity index is 1.48. The second-order valence-corrected chi connectivity index (χ2v) is 11.1. The molecule has 4 aromatic heterocycles. The number of para-hydroxylation sites is 1. The minimum Gasteiger partial charge on any atom is -0.437 e. The smallest absolute Gasteiger partial charge is 0.227 e. The molecule has 0 N–H and O–H groups in total. The van der Waals surface area contributed by atoms with Crippen LogP contribution in [0.1, 0.15) is 56.4 Å². The van der Waals surface area contributed by atoms with E-state index in [0.29, 0.717) is 17.5 Å². The van der Waals surface area contributed by atoms with Gasteiger partial charge < -0.3 is 4.42 Å². The van der Waals surface area contributed by atoms with E-state index in [0.717, 1.165) is 33.3 Å². The molecule has 0 bridgehead atoms. The third kappa shape index (κ3) is 3.82. The third-order valence-electron chi connectivity index (χ3n) is 6.78. The number of pyridine rings is 2. The highest BCUT2D eigenvalue weighted by atomic mass is 32.1. The normalized spacial score (nSPS) is 12.1. The second-order valence-electron chi connectivity index (χ2n) is 10.0. The summed E-state index contributed by atoms with van der Waals surface area (Å²) < 4.78 is 7.46. The number of aromatic nitrogens is 2. The SMILES string of the molecule is Cc1ccc2c(n1)oc1c(-c3cc4sc(-c5cc(C(C)C)cc(C(C)C)c5)cc4cn3)cccc12. The lowest BCUT2D eigenvalue weighted by molar-refractivity contribution is 0.653. The van der Waals surface area contributed by atoms with Crippen LogP contribution in [-0.4, -0.2) is 9.97 Å². The van der Waals surface area contributed by atoms with Gasteiger partial charge in [-0.1, -0.05) is 58.0 Å². The fraction of sp³-hybridized carbons (Fsp3) is 0.226. The molecule has 0 aliphatic carbocycles. The zero-order chi connectivity index (χ0) is 24.3. The molecule has 0 saturated heterocycles. The summed E-state index contributed by atoms with van der Waals surface area (Å²) in [6.07, 6.45) is 1.99. The van der Waals surface area contributed by atoms with Crippen LogP contribution in [0.3, 0.4) is 0 Å². The minimum atomic E-state index is 0.498. The van der Waals surface area contributed by atoms with Crippen LogP contribution >= 0.6 is 11.3 Å². The summed E-state index contributed by atoms with van der Waals surface area (Å²) in [6, 6.07) is 21.9. The highest BCUT2D eigenvalue weighted by Gasteiger charge is 2.16. The second kappa shape index (κ2) is 8.31. The van der Waals surface area contributed by atoms with Crippen LogP contribution in [0.5, 0.6) is 0 Å². The lowest BCUT2D eigenvalue weighted by atomic mass is 9.93. The van der Waals surface area contributed by atoms with Crippen molar-refractivity contribution in [2.24, 2.45) is 0 Å².